The van der Waals surface area contributed by atoms with Gasteiger partial charge in [0.15, 0.2) is 0 Å². The summed E-state index contributed by atoms with van der Waals surface area (Å²) in [4.78, 5) is 13.9. The van der Waals surface area contributed by atoms with Crippen LogP contribution < -0.4 is 5.32 Å². The summed E-state index contributed by atoms with van der Waals surface area (Å²) in [5, 5.41) is 3.29. The monoisotopic (exact) mass is 256 g/mol. The van der Waals surface area contributed by atoms with Gasteiger partial charge < -0.3 is 19.7 Å². The maximum absolute atomic E-state index is 12.1. The molecule has 2 heterocycles. The zero-order valence-electron chi connectivity index (χ0n) is 11.2. The number of carbonyl (C=O) groups is 1. The zero-order chi connectivity index (χ0) is 12.8. The van der Waals surface area contributed by atoms with E-state index in [1.54, 1.807) is 0 Å². The van der Waals surface area contributed by atoms with Crippen LogP contribution in [0.25, 0.3) is 0 Å². The number of carbonyl (C=O) groups excluding carboxylic acids is 1. The van der Waals surface area contributed by atoms with Crippen molar-refractivity contribution in [1.29, 1.82) is 0 Å². The molecule has 1 atom stereocenters. The van der Waals surface area contributed by atoms with Crippen molar-refractivity contribution >= 4 is 5.91 Å². The number of ether oxygens (including phenoxy) is 2. The summed E-state index contributed by atoms with van der Waals surface area (Å²) in [6, 6.07) is 0. The summed E-state index contributed by atoms with van der Waals surface area (Å²) in [6.07, 6.45) is 3.31. The first-order valence-electron chi connectivity index (χ1n) is 6.97. The number of piperidine rings is 1. The van der Waals surface area contributed by atoms with Crippen molar-refractivity contribution in [3.63, 3.8) is 0 Å². The van der Waals surface area contributed by atoms with Gasteiger partial charge in [0.2, 0.25) is 5.91 Å². The van der Waals surface area contributed by atoms with E-state index in [0.717, 1.165) is 45.5 Å². The lowest BCUT2D eigenvalue weighted by Crippen LogP contribution is -2.40. The predicted octanol–water partition coefficient (Wildman–Crippen LogP) is 0.392. The van der Waals surface area contributed by atoms with Gasteiger partial charge in [-0.25, -0.2) is 0 Å². The first kappa shape index (κ1) is 13.8. The maximum atomic E-state index is 12.1. The minimum absolute atomic E-state index is 0.103. The Kier molecular flexibility index (Phi) is 5.41. The fourth-order valence-electron chi connectivity index (χ4n) is 2.46. The third-order valence-corrected chi connectivity index (χ3v) is 3.53. The fourth-order valence-corrected chi connectivity index (χ4v) is 2.46. The molecule has 2 aliphatic heterocycles. The van der Waals surface area contributed by atoms with E-state index >= 15 is 0 Å². The van der Waals surface area contributed by atoms with Crippen molar-refractivity contribution in [1.82, 2.24) is 10.2 Å². The van der Waals surface area contributed by atoms with E-state index in [2.05, 4.69) is 5.32 Å². The molecule has 5 heteroatoms. The van der Waals surface area contributed by atoms with Crippen LogP contribution in [0.4, 0.5) is 0 Å². The van der Waals surface area contributed by atoms with Crippen molar-refractivity contribution in [3.8, 4) is 0 Å². The molecule has 1 unspecified atom stereocenters. The Morgan fingerprint density at radius 1 is 1.44 bits per heavy atom. The second kappa shape index (κ2) is 7.07. The highest BCUT2D eigenvalue weighted by molar-refractivity contribution is 5.77. The molecule has 2 fully saturated rings. The Morgan fingerprint density at radius 3 is 3.00 bits per heavy atom. The molecule has 0 aromatic heterocycles. The lowest BCUT2D eigenvalue weighted by molar-refractivity contribution is -0.139. The van der Waals surface area contributed by atoms with Gasteiger partial charge in [0.25, 0.3) is 0 Å². The number of nitrogens with zero attached hydrogens (tertiary/aromatic N) is 1. The van der Waals surface area contributed by atoms with Gasteiger partial charge in [-0.2, -0.15) is 0 Å². The molecule has 0 aromatic carbocycles. The molecular formula is C13H24N2O3. The number of hydrogen-bond acceptors (Lipinski definition) is 4. The second-order valence-corrected chi connectivity index (χ2v) is 5.14. The van der Waals surface area contributed by atoms with E-state index in [0.29, 0.717) is 6.54 Å². The first-order valence-corrected chi connectivity index (χ1v) is 6.97. The largest absolute Gasteiger partial charge is 0.377 e. The van der Waals surface area contributed by atoms with Gasteiger partial charge in [0.1, 0.15) is 6.61 Å². The molecule has 2 rings (SSSR count). The van der Waals surface area contributed by atoms with E-state index in [1.165, 1.54) is 0 Å². The normalized spacial score (nSPS) is 26.9. The molecule has 5 nitrogen and oxygen atoms in total. The Balaban J connectivity index is 1.72. The van der Waals surface area contributed by atoms with Crippen LogP contribution in [-0.2, 0) is 14.3 Å². The molecule has 0 bridgehead atoms. The molecule has 1 N–H and O–H groups in total. The second-order valence-electron chi connectivity index (χ2n) is 5.14. The van der Waals surface area contributed by atoms with E-state index in [4.69, 9.17) is 9.47 Å². The van der Waals surface area contributed by atoms with Gasteiger partial charge in [0, 0.05) is 19.7 Å². The third-order valence-electron chi connectivity index (χ3n) is 3.53. The molecule has 104 valence electrons. The highest BCUT2D eigenvalue weighted by Crippen LogP contribution is 2.09. The minimum atomic E-state index is 0.103. The van der Waals surface area contributed by atoms with Crippen LogP contribution in [0.1, 0.15) is 26.2 Å². The van der Waals surface area contributed by atoms with E-state index < -0.39 is 0 Å². The van der Waals surface area contributed by atoms with Gasteiger partial charge in [-0.1, -0.05) is 0 Å². The van der Waals surface area contributed by atoms with Crippen LogP contribution in [0.15, 0.2) is 0 Å². The predicted molar refractivity (Wildman–Crippen MR) is 68.5 cm³/mol. The number of nitrogens with one attached hydrogen (secondary N) is 1. The molecule has 2 aliphatic rings. The van der Waals surface area contributed by atoms with Gasteiger partial charge in [-0.3, -0.25) is 4.79 Å². The molecule has 0 spiro atoms. The summed E-state index contributed by atoms with van der Waals surface area (Å²) in [6.45, 7) is 6.45. The quantitative estimate of drug-likeness (QED) is 0.794. The van der Waals surface area contributed by atoms with Crippen molar-refractivity contribution in [3.05, 3.63) is 0 Å². The number of amides is 1. The Labute approximate surface area is 109 Å². The Hall–Kier alpha value is -0.650. The Morgan fingerprint density at radius 2 is 2.22 bits per heavy atom. The average Bonchev–Trinajstić information content (AvgIpc) is 2.62. The van der Waals surface area contributed by atoms with Crippen LogP contribution in [-0.4, -0.2) is 62.4 Å². The molecule has 0 aliphatic carbocycles. The van der Waals surface area contributed by atoms with Crippen LogP contribution in [0, 0.1) is 0 Å². The van der Waals surface area contributed by atoms with Crippen LogP contribution in [0.2, 0.25) is 0 Å². The minimum Gasteiger partial charge on any atom is -0.377 e. The van der Waals surface area contributed by atoms with E-state index in [-0.39, 0.29) is 24.7 Å². The van der Waals surface area contributed by atoms with Gasteiger partial charge >= 0.3 is 0 Å². The highest BCUT2D eigenvalue weighted by Gasteiger charge is 2.21. The zero-order valence-corrected chi connectivity index (χ0v) is 11.2. The molecule has 0 saturated carbocycles. The van der Waals surface area contributed by atoms with Gasteiger partial charge in [-0.15, -0.1) is 0 Å². The highest BCUT2D eigenvalue weighted by atomic mass is 16.5. The van der Waals surface area contributed by atoms with E-state index in [1.807, 2.05) is 11.8 Å². The topological polar surface area (TPSA) is 50.8 Å². The molecule has 0 radical (unpaired) electrons. The Bertz CT molecular complexity index is 267. The van der Waals surface area contributed by atoms with Crippen molar-refractivity contribution in [2.45, 2.75) is 38.4 Å². The van der Waals surface area contributed by atoms with Crippen molar-refractivity contribution in [2.24, 2.45) is 0 Å². The number of hydrogen-bond donors (Lipinski definition) is 1. The standard InChI is InChI=1S/C13H24N2O3/c1-11-9-15(7-2-8-17-11)13(16)10-18-12-3-5-14-6-4-12/h11-12,14H,2-10H2,1H3. The maximum Gasteiger partial charge on any atom is 0.248 e. The molecule has 2 saturated heterocycles. The molecule has 18 heavy (non-hydrogen) atoms. The van der Waals surface area contributed by atoms with E-state index in [9.17, 15) is 4.79 Å². The molecular weight excluding hydrogens is 232 g/mol. The summed E-state index contributed by atoms with van der Waals surface area (Å²) >= 11 is 0. The van der Waals surface area contributed by atoms with Crippen LogP contribution in [0.5, 0.6) is 0 Å². The summed E-state index contributed by atoms with van der Waals surface area (Å²) in [5.41, 5.74) is 0. The van der Waals surface area contributed by atoms with Crippen molar-refractivity contribution < 1.29 is 14.3 Å². The first-order chi connectivity index (χ1) is 8.75. The molecule has 1 amide bonds. The number of rotatable bonds is 3. The summed E-state index contributed by atoms with van der Waals surface area (Å²) in [5.74, 6) is 0.103. The SMILES string of the molecule is CC1CN(C(=O)COC2CCNCC2)CCCO1. The van der Waals surface area contributed by atoms with Gasteiger partial charge in [0.05, 0.1) is 12.2 Å². The smallest absolute Gasteiger partial charge is 0.248 e. The fraction of sp³-hybridized carbons (Fsp3) is 0.923. The van der Waals surface area contributed by atoms with Crippen LogP contribution >= 0.6 is 0 Å². The van der Waals surface area contributed by atoms with Crippen molar-refractivity contribution in [2.75, 3.05) is 39.4 Å². The summed E-state index contributed by atoms with van der Waals surface area (Å²) in [7, 11) is 0. The third kappa shape index (κ3) is 4.23. The molecule has 0 aromatic rings. The average molecular weight is 256 g/mol. The summed E-state index contributed by atoms with van der Waals surface area (Å²) < 4.78 is 11.2. The lowest BCUT2D eigenvalue weighted by atomic mass is 10.1. The lowest BCUT2D eigenvalue weighted by Gasteiger charge is -2.26. The van der Waals surface area contributed by atoms with Crippen LogP contribution in [0.3, 0.4) is 0 Å². The van der Waals surface area contributed by atoms with Gasteiger partial charge in [-0.05, 0) is 39.3 Å².